The third kappa shape index (κ3) is 3.71. The van der Waals surface area contributed by atoms with Crippen LogP contribution in [0.3, 0.4) is 0 Å². The second-order valence-electron chi connectivity index (χ2n) is 6.81. The molecule has 2 rings (SSSR count). The lowest BCUT2D eigenvalue weighted by Crippen LogP contribution is -2.58. The van der Waals surface area contributed by atoms with Crippen molar-refractivity contribution in [3.63, 3.8) is 0 Å². The van der Waals surface area contributed by atoms with E-state index in [4.69, 9.17) is 10.5 Å². The molecule has 1 aliphatic heterocycles. The van der Waals surface area contributed by atoms with E-state index in [0.717, 1.165) is 25.7 Å². The Morgan fingerprint density at radius 2 is 2.05 bits per heavy atom. The molecule has 0 aromatic rings. The number of morpholine rings is 1. The van der Waals surface area contributed by atoms with Crippen LogP contribution in [-0.2, 0) is 9.53 Å². The third-order valence-corrected chi connectivity index (χ3v) is 4.38. The van der Waals surface area contributed by atoms with Gasteiger partial charge in [-0.25, -0.2) is 0 Å². The van der Waals surface area contributed by atoms with E-state index in [0.29, 0.717) is 13.1 Å². The second-order valence-corrected chi connectivity index (χ2v) is 6.81. The van der Waals surface area contributed by atoms with Crippen LogP contribution in [0.5, 0.6) is 0 Å². The quantitative estimate of drug-likeness (QED) is 0.739. The first-order chi connectivity index (χ1) is 9.43. The number of carbonyl (C=O) groups excluding carboxylic acids is 1. The maximum Gasteiger partial charge on any atom is 0.227 e. The number of carbonyl (C=O) groups is 1. The minimum absolute atomic E-state index is 0.0245. The molecule has 1 aliphatic carbocycles. The first-order valence-electron chi connectivity index (χ1n) is 7.76. The molecule has 3 atom stereocenters. The SMILES string of the molecule is CC1(C)CN(C(=O)C2CCCCCC2N)CC(CO)O1. The van der Waals surface area contributed by atoms with Crippen molar-refractivity contribution in [3.05, 3.63) is 0 Å². The van der Waals surface area contributed by atoms with Crippen molar-refractivity contribution in [3.8, 4) is 0 Å². The highest BCUT2D eigenvalue weighted by Gasteiger charge is 2.38. The monoisotopic (exact) mass is 284 g/mol. The van der Waals surface area contributed by atoms with Crippen molar-refractivity contribution >= 4 is 5.91 Å². The normalized spacial score (nSPS) is 34.6. The van der Waals surface area contributed by atoms with Crippen molar-refractivity contribution in [2.75, 3.05) is 19.7 Å². The van der Waals surface area contributed by atoms with Gasteiger partial charge in [-0.3, -0.25) is 4.79 Å². The summed E-state index contributed by atoms with van der Waals surface area (Å²) in [6, 6.07) is -0.0245. The predicted octanol–water partition coefficient (Wildman–Crippen LogP) is 0.892. The third-order valence-electron chi connectivity index (χ3n) is 4.38. The Labute approximate surface area is 121 Å². The summed E-state index contributed by atoms with van der Waals surface area (Å²) in [5, 5.41) is 9.34. The molecule has 2 aliphatic rings. The van der Waals surface area contributed by atoms with Gasteiger partial charge in [0.25, 0.3) is 0 Å². The fourth-order valence-electron chi connectivity index (χ4n) is 3.44. The highest BCUT2D eigenvalue weighted by Crippen LogP contribution is 2.27. The molecule has 2 fully saturated rings. The molecule has 3 unspecified atom stereocenters. The van der Waals surface area contributed by atoms with E-state index in [1.54, 1.807) is 0 Å². The Kier molecular flexibility index (Phi) is 5.04. The van der Waals surface area contributed by atoms with E-state index >= 15 is 0 Å². The van der Waals surface area contributed by atoms with E-state index in [9.17, 15) is 9.90 Å². The molecule has 3 N–H and O–H groups in total. The summed E-state index contributed by atoms with van der Waals surface area (Å²) < 4.78 is 5.77. The molecule has 1 saturated heterocycles. The summed E-state index contributed by atoms with van der Waals surface area (Å²) in [6.07, 6.45) is 4.92. The Hall–Kier alpha value is -0.650. The van der Waals surface area contributed by atoms with Gasteiger partial charge in [0.05, 0.1) is 24.2 Å². The van der Waals surface area contributed by atoms with Crippen molar-refractivity contribution in [1.29, 1.82) is 0 Å². The minimum atomic E-state index is -0.407. The Morgan fingerprint density at radius 3 is 2.75 bits per heavy atom. The van der Waals surface area contributed by atoms with Gasteiger partial charge in [0, 0.05) is 19.1 Å². The number of nitrogens with zero attached hydrogens (tertiary/aromatic N) is 1. The first-order valence-corrected chi connectivity index (χ1v) is 7.76. The van der Waals surface area contributed by atoms with Crippen LogP contribution < -0.4 is 5.73 Å². The van der Waals surface area contributed by atoms with Crippen LogP contribution in [0.15, 0.2) is 0 Å². The first kappa shape index (κ1) is 15.7. The van der Waals surface area contributed by atoms with E-state index < -0.39 is 5.60 Å². The van der Waals surface area contributed by atoms with Crippen LogP contribution in [0.1, 0.15) is 46.0 Å². The van der Waals surface area contributed by atoms with E-state index in [2.05, 4.69) is 0 Å². The average Bonchev–Trinajstić information content (AvgIpc) is 2.60. The Bertz CT molecular complexity index is 346. The fraction of sp³-hybridized carbons (Fsp3) is 0.933. The molecule has 0 spiro atoms. The van der Waals surface area contributed by atoms with Crippen LogP contribution in [0.2, 0.25) is 0 Å². The molecule has 1 amide bonds. The summed E-state index contributed by atoms with van der Waals surface area (Å²) in [5.74, 6) is 0.0833. The molecule has 20 heavy (non-hydrogen) atoms. The van der Waals surface area contributed by atoms with Crippen LogP contribution in [0.4, 0.5) is 0 Å². The van der Waals surface area contributed by atoms with Crippen molar-refractivity contribution in [2.45, 2.75) is 63.7 Å². The van der Waals surface area contributed by atoms with Crippen molar-refractivity contribution in [2.24, 2.45) is 11.7 Å². The van der Waals surface area contributed by atoms with Gasteiger partial charge in [-0.05, 0) is 26.7 Å². The van der Waals surface area contributed by atoms with Gasteiger partial charge in [0.15, 0.2) is 0 Å². The number of rotatable bonds is 2. The van der Waals surface area contributed by atoms with Gasteiger partial charge in [-0.1, -0.05) is 19.3 Å². The van der Waals surface area contributed by atoms with Gasteiger partial charge in [-0.2, -0.15) is 0 Å². The minimum Gasteiger partial charge on any atom is -0.394 e. The lowest BCUT2D eigenvalue weighted by Gasteiger charge is -2.43. The largest absolute Gasteiger partial charge is 0.394 e. The zero-order valence-electron chi connectivity index (χ0n) is 12.7. The molecule has 5 heteroatoms. The van der Waals surface area contributed by atoms with Crippen LogP contribution in [-0.4, -0.2) is 53.4 Å². The average molecular weight is 284 g/mol. The zero-order chi connectivity index (χ0) is 14.8. The van der Waals surface area contributed by atoms with E-state index in [1.165, 1.54) is 6.42 Å². The summed E-state index contributed by atoms with van der Waals surface area (Å²) in [5.41, 5.74) is 5.79. The molecule has 0 bridgehead atoms. The molecule has 116 valence electrons. The van der Waals surface area contributed by atoms with Gasteiger partial charge < -0.3 is 20.5 Å². The number of hydrogen-bond acceptors (Lipinski definition) is 4. The molecular weight excluding hydrogens is 256 g/mol. The summed E-state index contributed by atoms with van der Waals surface area (Å²) >= 11 is 0. The number of aliphatic hydroxyl groups excluding tert-OH is 1. The van der Waals surface area contributed by atoms with Crippen LogP contribution in [0.25, 0.3) is 0 Å². The molecule has 0 aromatic heterocycles. The van der Waals surface area contributed by atoms with Crippen LogP contribution >= 0.6 is 0 Å². The van der Waals surface area contributed by atoms with Gasteiger partial charge in [0.2, 0.25) is 5.91 Å². The number of ether oxygens (including phenoxy) is 1. The second kappa shape index (κ2) is 6.41. The molecule has 1 heterocycles. The maximum atomic E-state index is 12.8. The highest BCUT2D eigenvalue weighted by molar-refractivity contribution is 5.79. The van der Waals surface area contributed by atoms with Crippen molar-refractivity contribution in [1.82, 2.24) is 4.90 Å². The Balaban J connectivity index is 2.06. The van der Waals surface area contributed by atoms with Gasteiger partial charge in [-0.15, -0.1) is 0 Å². The van der Waals surface area contributed by atoms with Gasteiger partial charge >= 0.3 is 0 Å². The van der Waals surface area contributed by atoms with Crippen molar-refractivity contribution < 1.29 is 14.6 Å². The smallest absolute Gasteiger partial charge is 0.227 e. The topological polar surface area (TPSA) is 75.8 Å². The number of nitrogens with two attached hydrogens (primary N) is 1. The Morgan fingerprint density at radius 1 is 1.35 bits per heavy atom. The van der Waals surface area contributed by atoms with E-state index in [-0.39, 0.29) is 30.6 Å². The molecule has 0 aromatic carbocycles. The molecule has 1 saturated carbocycles. The predicted molar refractivity (Wildman–Crippen MR) is 77.2 cm³/mol. The maximum absolute atomic E-state index is 12.8. The number of amides is 1. The summed E-state index contributed by atoms with van der Waals surface area (Å²) in [7, 11) is 0. The standard InChI is InChI=1S/C15H28N2O3/c1-15(2)10-17(8-11(9-18)20-15)14(19)12-6-4-3-5-7-13(12)16/h11-13,18H,3-10,16H2,1-2H3. The lowest BCUT2D eigenvalue weighted by atomic mass is 9.92. The highest BCUT2D eigenvalue weighted by atomic mass is 16.5. The zero-order valence-corrected chi connectivity index (χ0v) is 12.7. The summed E-state index contributed by atoms with van der Waals surface area (Å²) in [6.45, 7) is 4.92. The molecule has 5 nitrogen and oxygen atoms in total. The fourth-order valence-corrected chi connectivity index (χ4v) is 3.44. The summed E-state index contributed by atoms with van der Waals surface area (Å²) in [4.78, 5) is 14.6. The van der Waals surface area contributed by atoms with Crippen LogP contribution in [0, 0.1) is 5.92 Å². The lowest BCUT2D eigenvalue weighted by molar-refractivity contribution is -0.170. The van der Waals surface area contributed by atoms with E-state index in [1.807, 2.05) is 18.7 Å². The van der Waals surface area contributed by atoms with Gasteiger partial charge in [0.1, 0.15) is 0 Å². The number of aliphatic hydroxyl groups is 1. The molecule has 0 radical (unpaired) electrons. The molecular formula is C15H28N2O3. The number of hydrogen-bond donors (Lipinski definition) is 2.